The van der Waals surface area contributed by atoms with Crippen molar-refractivity contribution in [1.29, 1.82) is 0 Å². The average molecular weight is 685 g/mol. The van der Waals surface area contributed by atoms with Gasteiger partial charge in [-0.05, 0) is 77.4 Å². The fraction of sp³-hybridized carbons (Fsp3) is 0.167. The maximum Gasteiger partial charge on any atom is 0.273 e. The number of anilines is 1. The van der Waals surface area contributed by atoms with E-state index in [0.29, 0.717) is 10.4 Å². The molecule has 4 aromatic carbocycles. The van der Waals surface area contributed by atoms with Crippen LogP contribution in [-0.2, 0) is 23.1 Å². The number of carbonyl (C=O) groups excluding carboxylic acids is 2. The zero-order valence-electron chi connectivity index (χ0n) is 25.4. The van der Waals surface area contributed by atoms with Crippen LogP contribution in [-0.4, -0.2) is 51.3 Å². The summed E-state index contributed by atoms with van der Waals surface area (Å²) in [6, 6.07) is 35.2. The highest BCUT2D eigenvalue weighted by Gasteiger charge is 2.22. The lowest BCUT2D eigenvalue weighted by Gasteiger charge is -2.36. The first-order chi connectivity index (χ1) is 22.7. The van der Waals surface area contributed by atoms with Crippen molar-refractivity contribution >= 4 is 50.5 Å². The summed E-state index contributed by atoms with van der Waals surface area (Å²) < 4.78 is 28.1. The van der Waals surface area contributed by atoms with E-state index in [-0.39, 0.29) is 22.2 Å². The molecule has 5 aromatic rings. The van der Waals surface area contributed by atoms with Crippen LogP contribution in [0.4, 0.5) is 5.69 Å². The van der Waals surface area contributed by atoms with E-state index in [0.717, 1.165) is 60.3 Å². The molecule has 2 amide bonds. The van der Waals surface area contributed by atoms with Crippen molar-refractivity contribution in [2.75, 3.05) is 31.1 Å². The third-order valence-corrected chi connectivity index (χ3v) is 11.2. The Labute approximate surface area is 283 Å². The number of halogens is 1. The minimum Gasteiger partial charge on any atom is -0.369 e. The molecule has 11 heteroatoms. The van der Waals surface area contributed by atoms with Gasteiger partial charge in [0.1, 0.15) is 4.21 Å². The smallest absolute Gasteiger partial charge is 0.273 e. The largest absolute Gasteiger partial charge is 0.369 e. The summed E-state index contributed by atoms with van der Waals surface area (Å²) in [5, 5.41) is 3.50. The third kappa shape index (κ3) is 8.09. The average Bonchev–Trinajstić information content (AvgIpc) is 3.59. The van der Waals surface area contributed by atoms with Crippen LogP contribution in [0.15, 0.2) is 119 Å². The third-order valence-electron chi connectivity index (χ3n) is 8.02. The van der Waals surface area contributed by atoms with E-state index in [9.17, 15) is 18.0 Å². The summed E-state index contributed by atoms with van der Waals surface area (Å²) in [6.45, 7) is 4.44. The number of hydrogen-bond donors (Lipinski definition) is 2. The lowest BCUT2D eigenvalue weighted by Crippen LogP contribution is -2.46. The predicted octanol–water partition coefficient (Wildman–Crippen LogP) is 6.44. The van der Waals surface area contributed by atoms with E-state index < -0.39 is 15.9 Å². The Morgan fingerprint density at radius 3 is 2.11 bits per heavy atom. The molecule has 1 fully saturated rings. The summed E-state index contributed by atoms with van der Waals surface area (Å²) in [5.41, 5.74) is 5.36. The number of nitrogens with zero attached hydrogens (tertiary/aromatic N) is 2. The van der Waals surface area contributed by atoms with Crippen LogP contribution in [0.3, 0.4) is 0 Å². The number of hydrogen-bond acceptors (Lipinski definition) is 7. The maximum absolute atomic E-state index is 13.0. The quantitative estimate of drug-likeness (QED) is 0.176. The molecule has 2 N–H and O–H groups in total. The Bertz CT molecular complexity index is 1960. The van der Waals surface area contributed by atoms with Gasteiger partial charge in [-0.2, -0.15) is 0 Å². The van der Waals surface area contributed by atoms with Gasteiger partial charge in [0.2, 0.25) is 0 Å². The molecule has 240 valence electrons. The first-order valence-electron chi connectivity index (χ1n) is 15.2. The monoisotopic (exact) mass is 684 g/mol. The summed E-state index contributed by atoms with van der Waals surface area (Å²) >= 11 is 7.10. The SMILES string of the molecule is O=C(NCc1ccc(S(=O)(=O)NC(=O)c2ccc(N3CCN(Cc4ccccc4-c4ccc(Cl)cc4)CC3)cc2)s1)c1ccccc1. The number of benzene rings is 4. The molecule has 0 saturated carbocycles. The van der Waals surface area contributed by atoms with Gasteiger partial charge in [0.25, 0.3) is 21.8 Å². The van der Waals surface area contributed by atoms with Crippen LogP contribution in [0.2, 0.25) is 5.02 Å². The molecule has 0 spiro atoms. The molecule has 2 heterocycles. The topological polar surface area (TPSA) is 98.8 Å². The van der Waals surface area contributed by atoms with E-state index in [4.69, 9.17) is 11.6 Å². The molecule has 0 unspecified atom stereocenters. The summed E-state index contributed by atoms with van der Waals surface area (Å²) in [7, 11) is -4.08. The van der Waals surface area contributed by atoms with Crippen molar-refractivity contribution in [2.24, 2.45) is 0 Å². The number of carbonyl (C=O) groups is 2. The number of sulfonamides is 1. The van der Waals surface area contributed by atoms with Gasteiger partial charge in [0.15, 0.2) is 0 Å². The van der Waals surface area contributed by atoms with Gasteiger partial charge < -0.3 is 10.2 Å². The van der Waals surface area contributed by atoms with Crippen molar-refractivity contribution in [3.8, 4) is 11.1 Å². The van der Waals surface area contributed by atoms with Crippen molar-refractivity contribution in [1.82, 2.24) is 14.9 Å². The summed E-state index contributed by atoms with van der Waals surface area (Å²) in [5.74, 6) is -0.953. The van der Waals surface area contributed by atoms with Gasteiger partial charge in [-0.3, -0.25) is 14.5 Å². The second kappa shape index (κ2) is 14.5. The summed E-state index contributed by atoms with van der Waals surface area (Å²) in [6.07, 6.45) is 0. The van der Waals surface area contributed by atoms with Crippen LogP contribution in [0.1, 0.15) is 31.2 Å². The van der Waals surface area contributed by atoms with Crippen molar-refractivity contribution < 1.29 is 18.0 Å². The zero-order chi connectivity index (χ0) is 32.8. The van der Waals surface area contributed by atoms with E-state index >= 15 is 0 Å². The van der Waals surface area contributed by atoms with E-state index in [1.165, 1.54) is 17.2 Å². The molecular formula is C36H33ClN4O4S2. The highest BCUT2D eigenvalue weighted by atomic mass is 35.5. The molecule has 0 radical (unpaired) electrons. The first kappa shape index (κ1) is 32.5. The maximum atomic E-state index is 13.0. The molecule has 0 atom stereocenters. The van der Waals surface area contributed by atoms with Crippen LogP contribution >= 0.6 is 22.9 Å². The molecule has 0 aliphatic carbocycles. The summed E-state index contributed by atoms with van der Waals surface area (Å²) in [4.78, 5) is 30.6. The van der Waals surface area contributed by atoms with E-state index in [1.54, 1.807) is 42.5 Å². The molecule has 1 aliphatic rings. The molecule has 1 aromatic heterocycles. The standard InChI is InChI=1S/C36H33ClN4O4S2/c37-30-14-10-26(11-15-30)33-9-5-4-8-29(33)25-40-20-22-41(23-21-40)31-16-12-28(13-17-31)36(43)39-47(44,45)34-19-18-32(46-34)24-38-35(42)27-6-2-1-3-7-27/h1-19H,20-25H2,(H,38,42)(H,39,43). The second-order valence-corrected chi connectivity index (χ2v) is 14.7. The molecule has 1 saturated heterocycles. The number of nitrogens with one attached hydrogen (secondary N) is 2. The van der Waals surface area contributed by atoms with Crippen molar-refractivity contribution in [3.05, 3.63) is 142 Å². The van der Waals surface area contributed by atoms with Crippen molar-refractivity contribution in [2.45, 2.75) is 17.3 Å². The molecule has 47 heavy (non-hydrogen) atoms. The molecule has 8 nitrogen and oxygen atoms in total. The van der Waals surface area contributed by atoms with Crippen LogP contribution in [0.5, 0.6) is 0 Å². The number of thiophene rings is 1. The van der Waals surface area contributed by atoms with E-state index in [2.05, 4.69) is 44.1 Å². The van der Waals surface area contributed by atoms with Crippen LogP contribution in [0, 0.1) is 0 Å². The predicted molar refractivity (Wildman–Crippen MR) is 187 cm³/mol. The van der Waals surface area contributed by atoms with Gasteiger partial charge in [0.05, 0.1) is 6.54 Å². The van der Waals surface area contributed by atoms with Gasteiger partial charge in [0, 0.05) is 59.4 Å². The molecule has 6 rings (SSSR count). The normalized spacial score (nSPS) is 13.7. The molecule has 1 aliphatic heterocycles. The Hall–Kier alpha value is -4.48. The highest BCUT2D eigenvalue weighted by molar-refractivity contribution is 7.92. The van der Waals surface area contributed by atoms with E-state index in [1.807, 2.05) is 42.5 Å². The van der Waals surface area contributed by atoms with Crippen LogP contribution in [0.25, 0.3) is 11.1 Å². The van der Waals surface area contributed by atoms with Crippen LogP contribution < -0.4 is 14.9 Å². The van der Waals surface area contributed by atoms with Crippen molar-refractivity contribution in [3.63, 3.8) is 0 Å². The lowest BCUT2D eigenvalue weighted by atomic mass is 9.99. The fourth-order valence-corrected chi connectivity index (χ4v) is 7.88. The zero-order valence-corrected chi connectivity index (χ0v) is 27.8. The Morgan fingerprint density at radius 1 is 0.723 bits per heavy atom. The van der Waals surface area contributed by atoms with Gasteiger partial charge >= 0.3 is 0 Å². The second-order valence-electron chi connectivity index (χ2n) is 11.2. The fourth-order valence-electron chi connectivity index (χ4n) is 5.49. The lowest BCUT2D eigenvalue weighted by molar-refractivity contribution is 0.0949. The Kier molecular flexibility index (Phi) is 10.0. The minimum absolute atomic E-state index is 0.0000836. The van der Waals surface area contributed by atoms with Gasteiger partial charge in [-0.15, -0.1) is 11.3 Å². The molecule has 0 bridgehead atoms. The number of piperazine rings is 1. The Balaban J connectivity index is 1.01. The highest BCUT2D eigenvalue weighted by Crippen LogP contribution is 2.27. The first-order valence-corrected chi connectivity index (χ1v) is 17.8. The number of rotatable bonds is 10. The molecular weight excluding hydrogens is 652 g/mol. The minimum atomic E-state index is -4.08. The number of amides is 2. The van der Waals surface area contributed by atoms with Gasteiger partial charge in [-0.1, -0.05) is 66.2 Å². The van der Waals surface area contributed by atoms with Gasteiger partial charge in [-0.25, -0.2) is 13.1 Å². The Morgan fingerprint density at radius 2 is 1.38 bits per heavy atom.